The lowest BCUT2D eigenvalue weighted by atomic mass is 10.1. The molecule has 0 spiro atoms. The minimum absolute atomic E-state index is 0.236. The monoisotopic (exact) mass is 412 g/mol. The van der Waals surface area contributed by atoms with Crippen LogP contribution in [0.4, 0.5) is 0 Å². The summed E-state index contributed by atoms with van der Waals surface area (Å²) >= 11 is 1.58. The fourth-order valence-electron chi connectivity index (χ4n) is 4.35. The normalized spacial score (nSPS) is 21.3. The van der Waals surface area contributed by atoms with E-state index in [0.29, 0.717) is 23.8 Å². The maximum atomic E-state index is 12.8. The Bertz CT molecular complexity index is 853. The number of hydrogen-bond acceptors (Lipinski definition) is 4. The Hall–Kier alpha value is -1.86. The van der Waals surface area contributed by atoms with Crippen LogP contribution in [0.2, 0.25) is 0 Å². The molecule has 1 aliphatic heterocycles. The third-order valence-electron chi connectivity index (χ3n) is 6.54. The predicted molar refractivity (Wildman–Crippen MR) is 113 cm³/mol. The van der Waals surface area contributed by atoms with Crippen LogP contribution in [0.15, 0.2) is 35.5 Å². The molecule has 29 heavy (non-hydrogen) atoms. The molecule has 3 aliphatic rings. The molecule has 1 saturated heterocycles. The maximum Gasteiger partial charge on any atom is 0.233 e. The number of benzene rings is 1. The SMILES string of the molecule is C[C@H](c1ccccc1)[NH+]1CCN(C(=O)CSc2nnc(C3CC3)n2C2CC2)CC1. The number of nitrogens with zero attached hydrogens (tertiary/aromatic N) is 4. The van der Waals surface area contributed by atoms with Crippen LogP contribution in [0.1, 0.15) is 62.0 Å². The number of carbonyl (C=O) groups is 1. The number of carbonyl (C=O) groups excluding carboxylic acids is 1. The van der Waals surface area contributed by atoms with Crippen molar-refractivity contribution >= 4 is 17.7 Å². The minimum atomic E-state index is 0.236. The van der Waals surface area contributed by atoms with E-state index in [1.54, 1.807) is 16.7 Å². The molecule has 1 atom stereocenters. The van der Waals surface area contributed by atoms with Gasteiger partial charge in [-0.05, 0) is 32.6 Å². The molecule has 1 aromatic carbocycles. The first-order valence-electron chi connectivity index (χ1n) is 11.0. The highest BCUT2D eigenvalue weighted by molar-refractivity contribution is 7.99. The first-order chi connectivity index (χ1) is 14.2. The molecular weight excluding hydrogens is 382 g/mol. The zero-order valence-corrected chi connectivity index (χ0v) is 17.9. The van der Waals surface area contributed by atoms with E-state index in [0.717, 1.165) is 37.2 Å². The van der Waals surface area contributed by atoms with Crippen LogP contribution >= 0.6 is 11.8 Å². The quantitative estimate of drug-likeness (QED) is 0.708. The Morgan fingerprint density at radius 3 is 2.52 bits per heavy atom. The summed E-state index contributed by atoms with van der Waals surface area (Å²) in [6.45, 7) is 6.00. The highest BCUT2D eigenvalue weighted by Gasteiger charge is 2.36. The van der Waals surface area contributed by atoms with Crippen molar-refractivity contribution in [1.29, 1.82) is 0 Å². The first-order valence-corrected chi connectivity index (χ1v) is 11.9. The van der Waals surface area contributed by atoms with Crippen LogP contribution < -0.4 is 4.90 Å². The molecule has 2 heterocycles. The molecule has 5 rings (SSSR count). The third kappa shape index (κ3) is 4.21. The average Bonchev–Trinajstić information content (AvgIpc) is 3.71. The standard InChI is InChI=1S/C22H29N5OS/c1-16(17-5-3-2-4-6-17)25-11-13-26(14-12-25)20(28)15-29-22-24-23-21(18-7-8-18)27(22)19-9-10-19/h2-6,16,18-19H,7-15H2,1H3/p+1/t16-/m1/s1. The summed E-state index contributed by atoms with van der Waals surface area (Å²) in [6, 6.07) is 11.7. The topological polar surface area (TPSA) is 55.5 Å². The number of quaternary nitrogens is 1. The lowest BCUT2D eigenvalue weighted by Crippen LogP contribution is -3.14. The Morgan fingerprint density at radius 2 is 1.86 bits per heavy atom. The van der Waals surface area contributed by atoms with Gasteiger partial charge in [0.05, 0.1) is 31.9 Å². The molecule has 2 aliphatic carbocycles. The van der Waals surface area contributed by atoms with Gasteiger partial charge in [0.2, 0.25) is 5.91 Å². The minimum Gasteiger partial charge on any atom is -0.331 e. The molecule has 1 N–H and O–H groups in total. The zero-order valence-electron chi connectivity index (χ0n) is 17.1. The molecule has 0 radical (unpaired) electrons. The number of hydrogen-bond donors (Lipinski definition) is 1. The number of amides is 1. The van der Waals surface area contributed by atoms with Gasteiger partial charge in [-0.3, -0.25) is 4.79 Å². The number of thioether (sulfide) groups is 1. The van der Waals surface area contributed by atoms with Gasteiger partial charge < -0.3 is 14.4 Å². The summed E-state index contributed by atoms with van der Waals surface area (Å²) in [5, 5.41) is 9.83. The molecule has 7 heteroatoms. The van der Waals surface area contributed by atoms with Crippen LogP contribution in [-0.4, -0.2) is 57.5 Å². The highest BCUT2D eigenvalue weighted by atomic mass is 32.2. The van der Waals surface area contributed by atoms with Gasteiger partial charge in [-0.25, -0.2) is 0 Å². The van der Waals surface area contributed by atoms with Gasteiger partial charge in [-0.1, -0.05) is 42.1 Å². The second-order valence-corrected chi connectivity index (χ2v) is 9.62. The van der Waals surface area contributed by atoms with Crippen LogP contribution in [-0.2, 0) is 4.79 Å². The third-order valence-corrected chi connectivity index (χ3v) is 7.47. The predicted octanol–water partition coefficient (Wildman–Crippen LogP) is 2.07. The number of piperazine rings is 1. The van der Waals surface area contributed by atoms with E-state index in [4.69, 9.17) is 0 Å². The van der Waals surface area contributed by atoms with Crippen molar-refractivity contribution in [3.8, 4) is 0 Å². The van der Waals surface area contributed by atoms with Crippen LogP contribution in [0, 0.1) is 0 Å². The van der Waals surface area contributed by atoms with Gasteiger partial charge in [0.15, 0.2) is 5.16 Å². The lowest BCUT2D eigenvalue weighted by Gasteiger charge is -2.35. The Balaban J connectivity index is 1.14. The first kappa shape index (κ1) is 19.1. The summed E-state index contributed by atoms with van der Waals surface area (Å²) in [5.74, 6) is 2.48. The van der Waals surface area contributed by atoms with E-state index in [1.165, 1.54) is 31.2 Å². The van der Waals surface area contributed by atoms with Crippen molar-refractivity contribution in [2.75, 3.05) is 31.9 Å². The fourth-order valence-corrected chi connectivity index (χ4v) is 5.27. The Labute approximate surface area is 176 Å². The molecule has 6 nitrogen and oxygen atoms in total. The van der Waals surface area contributed by atoms with Gasteiger partial charge in [-0.2, -0.15) is 0 Å². The molecule has 2 aromatic rings. The van der Waals surface area contributed by atoms with E-state index >= 15 is 0 Å². The van der Waals surface area contributed by atoms with Crippen molar-refractivity contribution in [2.24, 2.45) is 0 Å². The lowest BCUT2D eigenvalue weighted by molar-refractivity contribution is -0.933. The van der Waals surface area contributed by atoms with E-state index in [9.17, 15) is 4.79 Å². The Kier molecular flexibility index (Phi) is 5.35. The highest BCUT2D eigenvalue weighted by Crippen LogP contribution is 2.45. The fraction of sp³-hybridized carbons (Fsp3) is 0.591. The second-order valence-electron chi connectivity index (χ2n) is 8.68. The van der Waals surface area contributed by atoms with Crippen molar-refractivity contribution in [3.05, 3.63) is 41.7 Å². The van der Waals surface area contributed by atoms with Crippen LogP contribution in [0.5, 0.6) is 0 Å². The van der Waals surface area contributed by atoms with Crippen molar-refractivity contribution in [1.82, 2.24) is 19.7 Å². The molecular formula is C22H30N5OS+. The van der Waals surface area contributed by atoms with Gasteiger partial charge in [0, 0.05) is 17.5 Å². The van der Waals surface area contributed by atoms with Crippen molar-refractivity contribution in [2.45, 2.75) is 55.8 Å². The molecule has 0 bridgehead atoms. The summed E-state index contributed by atoms with van der Waals surface area (Å²) in [7, 11) is 0. The molecule has 2 saturated carbocycles. The number of aromatic nitrogens is 3. The van der Waals surface area contributed by atoms with E-state index < -0.39 is 0 Å². The molecule has 1 aromatic heterocycles. The van der Waals surface area contributed by atoms with Crippen LogP contribution in [0.25, 0.3) is 0 Å². The summed E-state index contributed by atoms with van der Waals surface area (Å²) in [5.41, 5.74) is 1.38. The Morgan fingerprint density at radius 1 is 1.14 bits per heavy atom. The van der Waals surface area contributed by atoms with E-state index in [1.807, 2.05) is 4.90 Å². The molecule has 0 unspecified atom stereocenters. The number of nitrogens with one attached hydrogen (secondary N) is 1. The molecule has 3 fully saturated rings. The van der Waals surface area contributed by atoms with E-state index in [-0.39, 0.29) is 5.91 Å². The zero-order chi connectivity index (χ0) is 19.8. The van der Waals surface area contributed by atoms with Gasteiger partial charge in [0.25, 0.3) is 0 Å². The van der Waals surface area contributed by atoms with Gasteiger partial charge in [-0.15, -0.1) is 10.2 Å². The summed E-state index contributed by atoms with van der Waals surface area (Å²) in [4.78, 5) is 16.4. The van der Waals surface area contributed by atoms with Gasteiger partial charge in [0.1, 0.15) is 11.9 Å². The molecule has 1 amide bonds. The van der Waals surface area contributed by atoms with Crippen molar-refractivity contribution in [3.63, 3.8) is 0 Å². The second kappa shape index (κ2) is 8.11. The van der Waals surface area contributed by atoms with E-state index in [2.05, 4.69) is 52.0 Å². The summed E-state index contributed by atoms with van der Waals surface area (Å²) in [6.07, 6.45) is 4.93. The average molecular weight is 413 g/mol. The van der Waals surface area contributed by atoms with Gasteiger partial charge >= 0.3 is 0 Å². The largest absolute Gasteiger partial charge is 0.331 e. The van der Waals surface area contributed by atoms with Crippen LogP contribution in [0.3, 0.4) is 0 Å². The molecule has 154 valence electrons. The number of rotatable bonds is 7. The maximum absolute atomic E-state index is 12.8. The smallest absolute Gasteiger partial charge is 0.233 e. The summed E-state index contributed by atoms with van der Waals surface area (Å²) < 4.78 is 2.33. The van der Waals surface area contributed by atoms with Crippen molar-refractivity contribution < 1.29 is 9.69 Å².